The molecular weight excluding hydrogens is 224 g/mol. The Bertz CT molecular complexity index is 472. The van der Waals surface area contributed by atoms with Crippen molar-refractivity contribution < 1.29 is 9.59 Å². The van der Waals surface area contributed by atoms with Crippen LogP contribution in [0.15, 0.2) is 35.9 Å². The van der Waals surface area contributed by atoms with Crippen LogP contribution in [0.25, 0.3) is 6.08 Å². The number of carbonyl (C=O) groups excluding carboxylic acids is 2. The average Bonchev–Trinajstić information content (AvgIpc) is 2.25. The van der Waals surface area contributed by atoms with Crippen LogP contribution in [0.3, 0.4) is 0 Å². The van der Waals surface area contributed by atoms with Crippen molar-refractivity contribution >= 4 is 35.2 Å². The fourth-order valence-electron chi connectivity index (χ4n) is 1.32. The second-order valence-electron chi connectivity index (χ2n) is 3.21. The van der Waals surface area contributed by atoms with E-state index < -0.39 is 11.8 Å². The molecule has 0 bridgehead atoms. The van der Waals surface area contributed by atoms with Gasteiger partial charge in [0, 0.05) is 0 Å². The summed E-state index contributed by atoms with van der Waals surface area (Å²) < 4.78 is 0. The maximum atomic E-state index is 11.5. The van der Waals surface area contributed by atoms with Crippen LogP contribution in [0.5, 0.6) is 0 Å². The van der Waals surface area contributed by atoms with Crippen LogP contribution in [-0.4, -0.2) is 16.9 Å². The lowest BCUT2D eigenvalue weighted by atomic mass is 10.1. The molecule has 4 nitrogen and oxygen atoms in total. The molecule has 2 amide bonds. The fourth-order valence-corrected chi connectivity index (χ4v) is 1.51. The highest BCUT2D eigenvalue weighted by Crippen LogP contribution is 2.08. The molecule has 2 rings (SSSR count). The summed E-state index contributed by atoms with van der Waals surface area (Å²) in [6, 6.07) is 9.13. The first-order chi connectivity index (χ1) is 7.66. The SMILES string of the molecule is O=C1NC(=S)NC(=O)C1=Cc1ccccc1. The Labute approximate surface area is 97.3 Å². The largest absolute Gasteiger partial charge is 0.299 e. The number of hydrogen-bond acceptors (Lipinski definition) is 3. The van der Waals surface area contributed by atoms with E-state index in [1.165, 1.54) is 6.08 Å². The Kier molecular flexibility index (Phi) is 2.78. The summed E-state index contributed by atoms with van der Waals surface area (Å²) in [5.74, 6) is -0.949. The highest BCUT2D eigenvalue weighted by atomic mass is 32.1. The van der Waals surface area contributed by atoms with Crippen LogP contribution in [-0.2, 0) is 9.59 Å². The Morgan fingerprint density at radius 3 is 2.12 bits per heavy atom. The van der Waals surface area contributed by atoms with Crippen LogP contribution in [0.1, 0.15) is 5.56 Å². The molecule has 0 saturated carbocycles. The van der Waals surface area contributed by atoms with E-state index in [1.807, 2.05) is 18.2 Å². The third kappa shape index (κ3) is 2.14. The van der Waals surface area contributed by atoms with Crippen LogP contribution in [0, 0.1) is 0 Å². The van der Waals surface area contributed by atoms with Gasteiger partial charge in [-0.15, -0.1) is 0 Å². The number of thiocarbonyl (C=S) groups is 1. The second-order valence-corrected chi connectivity index (χ2v) is 3.61. The van der Waals surface area contributed by atoms with Gasteiger partial charge in [0.2, 0.25) is 0 Å². The topological polar surface area (TPSA) is 58.2 Å². The lowest BCUT2D eigenvalue weighted by Gasteiger charge is -2.16. The van der Waals surface area contributed by atoms with Gasteiger partial charge in [0.1, 0.15) is 5.57 Å². The summed E-state index contributed by atoms with van der Waals surface area (Å²) in [6.45, 7) is 0. The van der Waals surface area contributed by atoms with E-state index in [-0.39, 0.29) is 10.7 Å². The van der Waals surface area contributed by atoms with Crippen molar-refractivity contribution in [3.05, 3.63) is 41.5 Å². The molecule has 16 heavy (non-hydrogen) atoms. The first-order valence-corrected chi connectivity index (χ1v) is 5.01. The monoisotopic (exact) mass is 232 g/mol. The average molecular weight is 232 g/mol. The molecule has 0 radical (unpaired) electrons. The molecule has 0 aromatic heterocycles. The van der Waals surface area contributed by atoms with Gasteiger partial charge in [-0.25, -0.2) is 0 Å². The molecule has 1 fully saturated rings. The number of nitrogens with one attached hydrogen (secondary N) is 2. The van der Waals surface area contributed by atoms with Crippen molar-refractivity contribution in [1.82, 2.24) is 10.6 Å². The van der Waals surface area contributed by atoms with Gasteiger partial charge in [-0.1, -0.05) is 30.3 Å². The zero-order chi connectivity index (χ0) is 11.5. The lowest BCUT2D eigenvalue weighted by molar-refractivity contribution is -0.123. The number of rotatable bonds is 1. The molecule has 0 unspecified atom stereocenters. The molecule has 1 aliphatic heterocycles. The van der Waals surface area contributed by atoms with Gasteiger partial charge < -0.3 is 0 Å². The van der Waals surface area contributed by atoms with Gasteiger partial charge >= 0.3 is 0 Å². The van der Waals surface area contributed by atoms with E-state index in [2.05, 4.69) is 22.9 Å². The number of amides is 2. The predicted molar refractivity (Wildman–Crippen MR) is 63.3 cm³/mol. The van der Waals surface area contributed by atoms with Crippen LogP contribution < -0.4 is 10.6 Å². The summed E-state index contributed by atoms with van der Waals surface area (Å²) in [6.07, 6.45) is 1.52. The fraction of sp³-hybridized carbons (Fsp3) is 0. The van der Waals surface area contributed by atoms with Gasteiger partial charge in [-0.3, -0.25) is 20.2 Å². The predicted octanol–water partition coefficient (Wildman–Crippen LogP) is 0.601. The lowest BCUT2D eigenvalue weighted by Crippen LogP contribution is -2.51. The van der Waals surface area contributed by atoms with E-state index >= 15 is 0 Å². The van der Waals surface area contributed by atoms with E-state index in [0.717, 1.165) is 5.56 Å². The Balaban J connectivity index is 2.33. The molecule has 2 N–H and O–H groups in total. The standard InChI is InChI=1S/C11H8N2O2S/c14-9-8(10(15)13-11(16)12-9)6-7-4-2-1-3-5-7/h1-6H,(H2,12,13,14,15,16). The first-order valence-electron chi connectivity index (χ1n) is 4.60. The number of carbonyl (C=O) groups is 2. The Morgan fingerprint density at radius 1 is 1.00 bits per heavy atom. The summed E-state index contributed by atoms with van der Waals surface area (Å²) in [5, 5.41) is 4.79. The van der Waals surface area contributed by atoms with Gasteiger partial charge in [0.15, 0.2) is 5.11 Å². The molecule has 5 heteroatoms. The van der Waals surface area contributed by atoms with Crippen molar-refractivity contribution in [1.29, 1.82) is 0 Å². The van der Waals surface area contributed by atoms with E-state index in [1.54, 1.807) is 12.1 Å². The number of benzene rings is 1. The third-order valence-corrected chi connectivity index (χ3v) is 2.26. The van der Waals surface area contributed by atoms with Crippen LogP contribution in [0.4, 0.5) is 0 Å². The van der Waals surface area contributed by atoms with Crippen molar-refractivity contribution in [3.8, 4) is 0 Å². The van der Waals surface area contributed by atoms with E-state index in [4.69, 9.17) is 0 Å². The summed E-state index contributed by atoms with van der Waals surface area (Å²) in [4.78, 5) is 23.0. The van der Waals surface area contributed by atoms with Gasteiger partial charge in [-0.05, 0) is 23.9 Å². The summed E-state index contributed by atoms with van der Waals surface area (Å²) in [5.41, 5.74) is 0.843. The molecule has 1 aromatic rings. The minimum absolute atomic E-state index is 0.0419. The van der Waals surface area contributed by atoms with Crippen molar-refractivity contribution in [2.45, 2.75) is 0 Å². The van der Waals surface area contributed by atoms with Gasteiger partial charge in [0.25, 0.3) is 11.8 Å². The van der Waals surface area contributed by atoms with Crippen molar-refractivity contribution in [3.63, 3.8) is 0 Å². The third-order valence-electron chi connectivity index (χ3n) is 2.05. The molecule has 1 saturated heterocycles. The van der Waals surface area contributed by atoms with Crippen LogP contribution in [0.2, 0.25) is 0 Å². The molecule has 1 aromatic carbocycles. The van der Waals surface area contributed by atoms with E-state index in [9.17, 15) is 9.59 Å². The summed E-state index contributed by atoms with van der Waals surface area (Å²) >= 11 is 4.69. The molecular formula is C11H8N2O2S. The molecule has 0 aliphatic carbocycles. The van der Waals surface area contributed by atoms with Crippen molar-refractivity contribution in [2.75, 3.05) is 0 Å². The second kappa shape index (κ2) is 4.24. The zero-order valence-electron chi connectivity index (χ0n) is 8.19. The molecule has 80 valence electrons. The highest BCUT2D eigenvalue weighted by Gasteiger charge is 2.25. The van der Waals surface area contributed by atoms with Crippen molar-refractivity contribution in [2.24, 2.45) is 0 Å². The van der Waals surface area contributed by atoms with Gasteiger partial charge in [0.05, 0.1) is 0 Å². The molecule has 0 atom stereocenters. The molecule has 1 heterocycles. The minimum atomic E-state index is -0.474. The Morgan fingerprint density at radius 2 is 1.56 bits per heavy atom. The van der Waals surface area contributed by atoms with Gasteiger partial charge in [-0.2, -0.15) is 0 Å². The maximum absolute atomic E-state index is 11.5. The molecule has 1 aliphatic rings. The first kappa shape index (κ1) is 10.5. The smallest absolute Gasteiger partial charge is 0.263 e. The highest BCUT2D eigenvalue weighted by molar-refractivity contribution is 7.80. The van der Waals surface area contributed by atoms with E-state index in [0.29, 0.717) is 0 Å². The minimum Gasteiger partial charge on any atom is -0.299 e. The Hall–Kier alpha value is -2.01. The zero-order valence-corrected chi connectivity index (χ0v) is 9.01. The number of hydrogen-bond donors (Lipinski definition) is 2. The van der Waals surface area contributed by atoms with Crippen LogP contribution >= 0.6 is 12.2 Å². The maximum Gasteiger partial charge on any atom is 0.263 e. The quantitative estimate of drug-likeness (QED) is 0.423. The molecule has 0 spiro atoms. The normalized spacial score (nSPS) is 15.5. The summed E-state index contributed by atoms with van der Waals surface area (Å²) in [7, 11) is 0.